The number of benzene rings is 5. The molecule has 0 saturated heterocycles. The Balaban J connectivity index is 1.46. The van der Waals surface area contributed by atoms with Gasteiger partial charge in [-0.2, -0.15) is 0 Å². The maximum atomic E-state index is 2.28. The number of rotatable bonds is 6. The first kappa shape index (κ1) is 22.9. The van der Waals surface area contributed by atoms with E-state index < -0.39 is 0 Å². The Bertz CT molecular complexity index is 1420. The Morgan fingerprint density at radius 3 is 1.43 bits per heavy atom. The van der Waals surface area contributed by atoms with Crippen LogP contribution in [0.3, 0.4) is 0 Å². The molecule has 0 nitrogen and oxygen atoms in total. The molecule has 0 fully saturated rings. The van der Waals surface area contributed by atoms with E-state index in [1.54, 1.807) is 0 Å². The fourth-order valence-electron chi connectivity index (χ4n) is 4.95. The quantitative estimate of drug-likeness (QED) is 0.240. The van der Waals surface area contributed by atoms with Gasteiger partial charge in [-0.3, -0.25) is 0 Å². The van der Waals surface area contributed by atoms with Crippen LogP contribution in [0.4, 0.5) is 0 Å². The van der Waals surface area contributed by atoms with Crippen molar-refractivity contribution in [1.82, 2.24) is 0 Å². The highest BCUT2D eigenvalue weighted by molar-refractivity contribution is 5.81. The number of hydrogen-bond acceptors (Lipinski definition) is 0. The summed E-state index contributed by atoms with van der Waals surface area (Å²) in [6.45, 7) is 6.60. The SMILES string of the molecule is CCCc1c(-c2ccc(-c3ccc(-c4ccc(C)cc4)cc3)cc2)cccc1-c1ccccc1C. The van der Waals surface area contributed by atoms with Gasteiger partial charge in [0, 0.05) is 0 Å². The minimum Gasteiger partial charge on any atom is -0.0651 e. The van der Waals surface area contributed by atoms with Crippen molar-refractivity contribution in [3.8, 4) is 44.5 Å². The summed E-state index contributed by atoms with van der Waals surface area (Å²) in [7, 11) is 0. The third-order valence-corrected chi connectivity index (χ3v) is 6.91. The van der Waals surface area contributed by atoms with Crippen molar-refractivity contribution in [2.45, 2.75) is 33.6 Å². The van der Waals surface area contributed by atoms with E-state index in [0.717, 1.165) is 12.8 Å². The van der Waals surface area contributed by atoms with Gasteiger partial charge in [0.15, 0.2) is 0 Å². The molecule has 0 radical (unpaired) electrons. The molecule has 0 saturated carbocycles. The zero-order valence-corrected chi connectivity index (χ0v) is 20.9. The Kier molecular flexibility index (Phi) is 6.64. The molecule has 0 heterocycles. The van der Waals surface area contributed by atoms with Crippen LogP contribution in [0, 0.1) is 13.8 Å². The van der Waals surface area contributed by atoms with Crippen molar-refractivity contribution >= 4 is 0 Å². The van der Waals surface area contributed by atoms with E-state index in [0.29, 0.717) is 0 Å². The van der Waals surface area contributed by atoms with Gasteiger partial charge in [-0.15, -0.1) is 0 Å². The monoisotopic (exact) mass is 452 g/mol. The molecular weight excluding hydrogens is 420 g/mol. The minimum atomic E-state index is 1.07. The van der Waals surface area contributed by atoms with Crippen LogP contribution in [0.1, 0.15) is 30.0 Å². The lowest BCUT2D eigenvalue weighted by Crippen LogP contribution is -1.95. The van der Waals surface area contributed by atoms with Gasteiger partial charge < -0.3 is 0 Å². The summed E-state index contributed by atoms with van der Waals surface area (Å²) in [5, 5.41) is 0. The fraction of sp³-hybridized carbons (Fsp3) is 0.143. The summed E-state index contributed by atoms with van der Waals surface area (Å²) in [5.41, 5.74) is 14.4. The zero-order valence-electron chi connectivity index (χ0n) is 20.9. The second kappa shape index (κ2) is 10.2. The van der Waals surface area contributed by atoms with Gasteiger partial charge in [0.2, 0.25) is 0 Å². The van der Waals surface area contributed by atoms with E-state index in [1.807, 2.05) is 0 Å². The molecule has 172 valence electrons. The predicted molar refractivity (Wildman–Crippen MR) is 152 cm³/mol. The van der Waals surface area contributed by atoms with Crippen LogP contribution < -0.4 is 0 Å². The normalized spacial score (nSPS) is 10.9. The van der Waals surface area contributed by atoms with Crippen molar-refractivity contribution in [2.24, 2.45) is 0 Å². The van der Waals surface area contributed by atoms with Gasteiger partial charge >= 0.3 is 0 Å². The van der Waals surface area contributed by atoms with Gasteiger partial charge in [0.05, 0.1) is 0 Å². The molecule has 35 heavy (non-hydrogen) atoms. The number of hydrogen-bond donors (Lipinski definition) is 0. The molecule has 0 N–H and O–H groups in total. The summed E-state index contributed by atoms with van der Waals surface area (Å²) in [4.78, 5) is 0. The van der Waals surface area contributed by atoms with Crippen LogP contribution in [-0.2, 0) is 6.42 Å². The van der Waals surface area contributed by atoms with Crippen molar-refractivity contribution in [1.29, 1.82) is 0 Å². The Morgan fingerprint density at radius 1 is 0.429 bits per heavy atom. The second-order valence-electron chi connectivity index (χ2n) is 9.42. The summed E-state index contributed by atoms with van der Waals surface area (Å²) in [5.74, 6) is 0. The third-order valence-electron chi connectivity index (χ3n) is 6.91. The Morgan fingerprint density at radius 2 is 0.886 bits per heavy atom. The maximum absolute atomic E-state index is 2.28. The standard InChI is InChI=1S/C35H32/c1-4-8-34-33(11-7-12-35(34)32-10-6-5-9-26(32)3)31-23-21-30(22-24-31)29-19-17-28(18-20-29)27-15-13-25(2)14-16-27/h5-7,9-24H,4,8H2,1-3H3. The molecule has 5 aromatic rings. The topological polar surface area (TPSA) is 0 Å². The van der Waals surface area contributed by atoms with Gasteiger partial charge in [-0.25, -0.2) is 0 Å². The van der Waals surface area contributed by atoms with Crippen LogP contribution in [0.2, 0.25) is 0 Å². The summed E-state index contributed by atoms with van der Waals surface area (Å²) >= 11 is 0. The molecule has 5 rings (SSSR count). The fourth-order valence-corrected chi connectivity index (χ4v) is 4.95. The van der Waals surface area contributed by atoms with Crippen LogP contribution in [0.5, 0.6) is 0 Å². The lowest BCUT2D eigenvalue weighted by Gasteiger charge is -2.17. The average Bonchev–Trinajstić information content (AvgIpc) is 2.90. The molecule has 0 unspecified atom stereocenters. The van der Waals surface area contributed by atoms with Gasteiger partial charge in [-0.1, -0.05) is 134 Å². The summed E-state index contributed by atoms with van der Waals surface area (Å²) in [6.07, 6.45) is 2.20. The average molecular weight is 453 g/mol. The second-order valence-corrected chi connectivity index (χ2v) is 9.42. The van der Waals surface area contributed by atoms with E-state index >= 15 is 0 Å². The van der Waals surface area contributed by atoms with Crippen LogP contribution in [-0.4, -0.2) is 0 Å². The highest BCUT2D eigenvalue weighted by Crippen LogP contribution is 2.36. The summed E-state index contributed by atoms with van der Waals surface area (Å²) < 4.78 is 0. The molecule has 0 aromatic heterocycles. The molecular formula is C35H32. The maximum Gasteiger partial charge on any atom is -0.0143 e. The highest BCUT2D eigenvalue weighted by Gasteiger charge is 2.13. The van der Waals surface area contributed by atoms with Crippen LogP contribution in [0.25, 0.3) is 44.5 Å². The smallest absolute Gasteiger partial charge is 0.0143 e. The van der Waals surface area contributed by atoms with Crippen molar-refractivity contribution in [2.75, 3.05) is 0 Å². The molecule has 5 aromatic carbocycles. The Labute approximate surface area is 209 Å². The zero-order chi connectivity index (χ0) is 24.2. The first-order chi connectivity index (χ1) is 17.1. The Hall–Kier alpha value is -3.90. The van der Waals surface area contributed by atoms with Crippen molar-refractivity contribution in [3.05, 3.63) is 132 Å². The van der Waals surface area contributed by atoms with E-state index in [9.17, 15) is 0 Å². The van der Waals surface area contributed by atoms with Crippen molar-refractivity contribution in [3.63, 3.8) is 0 Å². The molecule has 0 bridgehead atoms. The van der Waals surface area contributed by atoms with Crippen LogP contribution >= 0.6 is 0 Å². The molecule has 0 heteroatoms. The molecule has 0 amide bonds. The van der Waals surface area contributed by atoms with E-state index in [2.05, 4.69) is 136 Å². The van der Waals surface area contributed by atoms with Crippen molar-refractivity contribution < 1.29 is 0 Å². The summed E-state index contributed by atoms with van der Waals surface area (Å²) in [6, 6.07) is 42.2. The van der Waals surface area contributed by atoms with Gasteiger partial charge in [0.1, 0.15) is 0 Å². The lowest BCUT2D eigenvalue weighted by molar-refractivity contribution is 0.925. The number of aryl methyl sites for hydroxylation is 2. The highest BCUT2D eigenvalue weighted by atomic mass is 14.2. The van der Waals surface area contributed by atoms with Crippen LogP contribution in [0.15, 0.2) is 115 Å². The van der Waals surface area contributed by atoms with Gasteiger partial charge in [0.25, 0.3) is 0 Å². The molecule has 0 atom stereocenters. The molecule has 0 spiro atoms. The lowest BCUT2D eigenvalue weighted by atomic mass is 9.87. The van der Waals surface area contributed by atoms with E-state index in [1.165, 1.54) is 61.2 Å². The van der Waals surface area contributed by atoms with E-state index in [4.69, 9.17) is 0 Å². The molecule has 0 aliphatic carbocycles. The van der Waals surface area contributed by atoms with E-state index in [-0.39, 0.29) is 0 Å². The molecule has 0 aliphatic heterocycles. The minimum absolute atomic E-state index is 1.07. The first-order valence-corrected chi connectivity index (χ1v) is 12.6. The first-order valence-electron chi connectivity index (χ1n) is 12.6. The molecule has 0 aliphatic rings. The largest absolute Gasteiger partial charge is 0.0651 e. The van der Waals surface area contributed by atoms with Gasteiger partial charge in [-0.05, 0) is 75.9 Å². The predicted octanol–water partition coefficient (Wildman–Crippen LogP) is 9.92. The third kappa shape index (κ3) is 4.84.